The number of piperazine rings is 1. The van der Waals surface area contributed by atoms with Gasteiger partial charge in [0, 0.05) is 49.2 Å². The summed E-state index contributed by atoms with van der Waals surface area (Å²) in [5, 5.41) is 16.2. The molecule has 3 unspecified atom stereocenters. The van der Waals surface area contributed by atoms with Gasteiger partial charge in [-0.05, 0) is 86.0 Å². The normalized spacial score (nSPS) is 21.6. The molecule has 0 aliphatic carbocycles. The van der Waals surface area contributed by atoms with Crippen molar-refractivity contribution in [1.29, 1.82) is 0 Å². The molecule has 3 aliphatic rings. The van der Waals surface area contributed by atoms with Crippen molar-refractivity contribution < 1.29 is 9.47 Å². The summed E-state index contributed by atoms with van der Waals surface area (Å²) < 4.78 is 12.8. The number of hydrogen-bond acceptors (Lipinski definition) is 9. The molecule has 3 aromatic carbocycles. The number of hydrogen-bond donors (Lipinski definition) is 0. The summed E-state index contributed by atoms with van der Waals surface area (Å²) in [6.45, 7) is 14.0. The molecule has 49 heavy (non-hydrogen) atoms. The average molecular weight is 702 g/mol. The maximum atomic E-state index is 6.48. The highest BCUT2D eigenvalue weighted by Crippen LogP contribution is 2.42. The first-order valence-corrected chi connectivity index (χ1v) is 17.7. The van der Waals surface area contributed by atoms with Crippen molar-refractivity contribution in [2.24, 2.45) is 11.0 Å². The van der Waals surface area contributed by atoms with Crippen LogP contribution in [0.15, 0.2) is 96.6 Å². The van der Waals surface area contributed by atoms with E-state index in [1.807, 2.05) is 34.4 Å². The molecule has 0 saturated carbocycles. The van der Waals surface area contributed by atoms with Crippen molar-refractivity contribution >= 4 is 46.6 Å². The van der Waals surface area contributed by atoms with E-state index in [-0.39, 0.29) is 5.92 Å². The van der Waals surface area contributed by atoms with E-state index in [9.17, 15) is 0 Å². The Labute approximate surface area is 298 Å². The van der Waals surface area contributed by atoms with E-state index in [4.69, 9.17) is 32.7 Å². The molecule has 0 spiro atoms. The van der Waals surface area contributed by atoms with Crippen molar-refractivity contribution in [1.82, 2.24) is 20.0 Å². The minimum Gasteiger partial charge on any atom is -0.493 e. The molecule has 0 bridgehead atoms. The van der Waals surface area contributed by atoms with Crippen molar-refractivity contribution in [2.45, 2.75) is 44.9 Å². The van der Waals surface area contributed by atoms with Crippen LogP contribution in [0.3, 0.4) is 0 Å². The van der Waals surface area contributed by atoms with E-state index in [1.54, 1.807) is 17.2 Å². The van der Waals surface area contributed by atoms with Gasteiger partial charge in [0.15, 0.2) is 0 Å². The summed E-state index contributed by atoms with van der Waals surface area (Å²) >= 11 is 12.6. The summed E-state index contributed by atoms with van der Waals surface area (Å²) in [7, 11) is 0. The minimum atomic E-state index is -0.623. The van der Waals surface area contributed by atoms with Crippen LogP contribution in [0, 0.1) is 5.92 Å². The molecule has 4 heterocycles. The summed E-state index contributed by atoms with van der Waals surface area (Å²) in [4.78, 5) is 8.58. The van der Waals surface area contributed by atoms with Crippen LogP contribution in [-0.2, 0) is 16.9 Å². The topological polar surface area (TPSA) is 74.5 Å². The fourth-order valence-corrected chi connectivity index (χ4v) is 7.12. The quantitative estimate of drug-likeness (QED) is 0.162. The number of rotatable bonds is 11. The Morgan fingerprint density at radius 2 is 1.53 bits per heavy atom. The molecule has 0 amide bonds. The van der Waals surface area contributed by atoms with Crippen molar-refractivity contribution in [2.75, 3.05) is 54.1 Å². The van der Waals surface area contributed by atoms with Crippen LogP contribution >= 0.6 is 23.2 Å². The molecule has 4 aromatic rings. The van der Waals surface area contributed by atoms with Gasteiger partial charge in [0.25, 0.3) is 0 Å². The summed E-state index contributed by atoms with van der Waals surface area (Å²) in [5.41, 5.74) is 3.84. The number of ether oxygens (including phenoxy) is 2. The Morgan fingerprint density at radius 3 is 2.16 bits per heavy atom. The van der Waals surface area contributed by atoms with Crippen molar-refractivity contribution in [3.05, 3.63) is 107 Å². The lowest BCUT2D eigenvalue weighted by Crippen LogP contribution is -2.46. The lowest BCUT2D eigenvalue weighted by Gasteiger charge is -2.37. The first-order valence-electron chi connectivity index (χ1n) is 16.9. The van der Waals surface area contributed by atoms with Gasteiger partial charge in [0.05, 0.1) is 48.2 Å². The Kier molecular flexibility index (Phi) is 9.71. The Balaban J connectivity index is 0.909. The highest BCUT2D eigenvalue weighted by Gasteiger charge is 2.43. The zero-order valence-corrected chi connectivity index (χ0v) is 29.5. The third kappa shape index (κ3) is 7.08. The molecule has 256 valence electrons. The monoisotopic (exact) mass is 700 g/mol. The van der Waals surface area contributed by atoms with Crippen molar-refractivity contribution in [3.63, 3.8) is 0 Å². The van der Waals surface area contributed by atoms with Crippen LogP contribution < -0.4 is 19.4 Å². The van der Waals surface area contributed by atoms with E-state index in [0.29, 0.717) is 35.8 Å². The number of anilines is 3. The van der Waals surface area contributed by atoms with Gasteiger partial charge in [-0.3, -0.25) is 4.90 Å². The molecule has 3 aliphatic heterocycles. The first kappa shape index (κ1) is 33.3. The Bertz CT molecular complexity index is 1760. The van der Waals surface area contributed by atoms with E-state index in [2.05, 4.69) is 94.1 Å². The second-order valence-corrected chi connectivity index (χ2v) is 13.8. The molecule has 0 radical (unpaired) electrons. The van der Waals surface area contributed by atoms with Crippen LogP contribution in [0.5, 0.6) is 5.75 Å². The molecule has 2 saturated heterocycles. The smallest absolute Gasteiger partial charge is 0.128 e. The van der Waals surface area contributed by atoms with Gasteiger partial charge in [-0.25, -0.2) is 5.01 Å². The summed E-state index contributed by atoms with van der Waals surface area (Å²) in [5.74, 6) is 1.93. The molecule has 12 heteroatoms. The van der Waals surface area contributed by atoms with Gasteiger partial charge in [-0.1, -0.05) is 42.8 Å². The fourth-order valence-electron chi connectivity index (χ4n) is 6.83. The number of nitrogens with zero attached hydrogens (tertiary/aromatic N) is 8. The number of halogens is 2. The second kappa shape index (κ2) is 14.3. The third-order valence-electron chi connectivity index (χ3n) is 9.83. The Hall–Kier alpha value is -4.25. The molecule has 0 N–H and O–H groups in total. The van der Waals surface area contributed by atoms with Crippen LogP contribution in [0.2, 0.25) is 10.0 Å². The predicted octanol–water partition coefficient (Wildman–Crippen LogP) is 7.26. The van der Waals surface area contributed by atoms with Gasteiger partial charge in [0.2, 0.25) is 0 Å². The highest BCUT2D eigenvalue weighted by molar-refractivity contribution is 6.42. The van der Waals surface area contributed by atoms with Crippen LogP contribution in [0.4, 0.5) is 17.1 Å². The highest BCUT2D eigenvalue weighted by atomic mass is 35.5. The van der Waals surface area contributed by atoms with E-state index >= 15 is 0 Å². The van der Waals surface area contributed by atoms with Crippen LogP contribution in [-0.4, -0.2) is 71.8 Å². The lowest BCUT2D eigenvalue weighted by molar-refractivity contribution is -0.0209. The van der Waals surface area contributed by atoms with E-state index in [0.717, 1.165) is 61.8 Å². The molecule has 7 rings (SSSR count). The van der Waals surface area contributed by atoms with E-state index in [1.165, 1.54) is 11.4 Å². The molecular formula is C37H42Cl2N8O2. The van der Waals surface area contributed by atoms with Gasteiger partial charge < -0.3 is 19.3 Å². The third-order valence-corrected chi connectivity index (χ3v) is 10.6. The molecule has 10 nitrogen and oxygen atoms in total. The Morgan fingerprint density at radius 1 is 0.898 bits per heavy atom. The zero-order chi connectivity index (χ0) is 34.0. The lowest BCUT2D eigenvalue weighted by atomic mass is 9.87. The minimum absolute atomic E-state index is 0.189. The second-order valence-electron chi connectivity index (χ2n) is 13.0. The van der Waals surface area contributed by atoms with Gasteiger partial charge in [0.1, 0.15) is 23.5 Å². The predicted molar refractivity (Wildman–Crippen MR) is 197 cm³/mol. The zero-order valence-electron chi connectivity index (χ0n) is 28.0. The molecule has 2 fully saturated rings. The maximum absolute atomic E-state index is 6.48. The first-order chi connectivity index (χ1) is 23.8. The van der Waals surface area contributed by atoms with Crippen LogP contribution in [0.1, 0.15) is 32.3 Å². The molecule has 1 aromatic heterocycles. The average Bonchev–Trinajstić information content (AvgIpc) is 3.90. The van der Waals surface area contributed by atoms with Crippen LogP contribution in [0.25, 0.3) is 0 Å². The number of hydrazone groups is 1. The standard InChI is InChI=1S/C37H42Cl2N8O2/c1-4-27(2)47-28(3)45(26-42-47)33-8-6-31(7-9-33)43-17-19-44(20-18-43)32-10-12-34(13-11-32)48-23-29-22-37(49-24-29,25-46-40-15-16-41-46)30-5-14-35(38)36(39)21-30/h5-16,21,26-27,29H,3-4,17-20,22-25H2,1-2H3. The fraction of sp³-hybridized carbons (Fsp3) is 0.378. The largest absolute Gasteiger partial charge is 0.493 e. The van der Waals surface area contributed by atoms with E-state index < -0.39 is 5.60 Å². The van der Waals surface area contributed by atoms with Crippen molar-refractivity contribution in [3.8, 4) is 5.75 Å². The summed E-state index contributed by atoms with van der Waals surface area (Å²) in [6.07, 6.45) is 6.96. The van der Waals surface area contributed by atoms with Gasteiger partial charge >= 0.3 is 0 Å². The maximum Gasteiger partial charge on any atom is 0.128 e. The van der Waals surface area contributed by atoms with Gasteiger partial charge in [-0.2, -0.15) is 20.1 Å². The molecule has 3 atom stereocenters. The molecular weight excluding hydrogens is 659 g/mol. The number of benzene rings is 3. The summed E-state index contributed by atoms with van der Waals surface area (Å²) in [6, 6.07) is 23.1. The van der Waals surface area contributed by atoms with Gasteiger partial charge in [-0.15, -0.1) is 0 Å². The number of aromatic nitrogens is 3. The SMILES string of the molecule is C=C1N(c2ccc(N3CCN(c4ccc(OCC5COC(Cn6nccn6)(c6ccc(Cl)c(Cl)c6)C5)cc4)CC3)cc2)C=NN1C(C)CC.